The topological polar surface area (TPSA) is 21.7 Å². The van der Waals surface area contributed by atoms with Crippen molar-refractivity contribution in [3.63, 3.8) is 0 Å². The third-order valence-electron chi connectivity index (χ3n) is 3.26. The molecule has 1 rings (SSSR count). The summed E-state index contributed by atoms with van der Waals surface area (Å²) in [5, 5.41) is 2.08. The second-order valence-corrected chi connectivity index (χ2v) is 9.14. The Hall–Kier alpha value is -1.06. The second kappa shape index (κ2) is 6.82. The smallest absolute Gasteiger partial charge is 0.125 e. The molecule has 0 radical (unpaired) electrons. The van der Waals surface area contributed by atoms with Crippen molar-refractivity contribution in [1.82, 2.24) is 5.06 Å². The predicted octanol–water partition coefficient (Wildman–Crippen LogP) is 5.76. The molecule has 0 spiro atoms. The van der Waals surface area contributed by atoms with E-state index in [1.165, 1.54) is 0 Å². The lowest BCUT2D eigenvalue weighted by Crippen LogP contribution is -2.52. The molecule has 0 fully saturated rings. The lowest BCUT2D eigenvalue weighted by Gasteiger charge is -2.45. The molecule has 0 saturated carbocycles. The third-order valence-corrected chi connectivity index (χ3v) is 3.26. The fourth-order valence-corrected chi connectivity index (χ4v) is 2.78. The number of benzene rings is 1. The molecule has 0 bridgehead atoms. The van der Waals surface area contributed by atoms with Crippen LogP contribution in [0.25, 0.3) is 0 Å². The van der Waals surface area contributed by atoms with Crippen molar-refractivity contribution in [2.75, 3.05) is 0 Å². The number of hydroxylamine groups is 2. The van der Waals surface area contributed by atoms with E-state index in [-0.39, 0.29) is 22.8 Å². The third kappa shape index (κ3) is 6.15. The fourth-order valence-electron chi connectivity index (χ4n) is 2.78. The normalized spacial score (nSPS) is 14.9. The van der Waals surface area contributed by atoms with E-state index >= 15 is 0 Å². The summed E-state index contributed by atoms with van der Waals surface area (Å²) >= 11 is 0. The molecule has 1 atom stereocenters. The van der Waals surface area contributed by atoms with Gasteiger partial charge in [0, 0.05) is 16.6 Å². The van der Waals surface area contributed by atoms with E-state index < -0.39 is 0 Å². The molecule has 0 heterocycles. The Bertz CT molecular complexity index is 490. The van der Waals surface area contributed by atoms with Gasteiger partial charge >= 0.3 is 0 Å². The Labute approximate surface area is 142 Å². The van der Waals surface area contributed by atoms with Gasteiger partial charge in [0.2, 0.25) is 0 Å². The van der Waals surface area contributed by atoms with Crippen LogP contribution in [-0.2, 0) is 4.84 Å². The largest absolute Gasteiger partial charge is 0.488 e. The molecule has 1 aromatic carbocycles. The van der Waals surface area contributed by atoms with Gasteiger partial charge < -0.3 is 4.74 Å². The van der Waals surface area contributed by atoms with Crippen molar-refractivity contribution in [3.05, 3.63) is 29.8 Å². The molecule has 1 unspecified atom stereocenters. The Morgan fingerprint density at radius 3 is 1.74 bits per heavy atom. The van der Waals surface area contributed by atoms with Crippen LogP contribution in [0, 0.1) is 0 Å². The van der Waals surface area contributed by atoms with Gasteiger partial charge in [-0.15, -0.1) is 0 Å². The molecule has 0 aromatic heterocycles. The maximum absolute atomic E-state index is 6.37. The lowest BCUT2D eigenvalue weighted by atomic mass is 10.00. The lowest BCUT2D eigenvalue weighted by molar-refractivity contribution is -0.283. The molecule has 3 nitrogen and oxygen atoms in total. The number of hydrogen-bond donors (Lipinski definition) is 0. The first-order valence-electron chi connectivity index (χ1n) is 8.47. The first-order chi connectivity index (χ1) is 10.2. The van der Waals surface area contributed by atoms with Crippen LogP contribution in [0.2, 0.25) is 0 Å². The summed E-state index contributed by atoms with van der Waals surface area (Å²) in [7, 11) is 0. The fraction of sp³-hybridized carbons (Fsp3) is 0.700. The summed E-state index contributed by atoms with van der Waals surface area (Å²) in [6.45, 7) is 21.3. The highest BCUT2D eigenvalue weighted by Crippen LogP contribution is 2.34. The highest BCUT2D eigenvalue weighted by atomic mass is 16.7. The number of hydrogen-bond acceptors (Lipinski definition) is 3. The summed E-state index contributed by atoms with van der Waals surface area (Å²) < 4.78 is 6.11. The van der Waals surface area contributed by atoms with E-state index in [2.05, 4.69) is 80.4 Å². The van der Waals surface area contributed by atoms with Gasteiger partial charge in [-0.3, -0.25) is 4.84 Å². The van der Waals surface area contributed by atoms with E-state index in [0.717, 1.165) is 11.3 Å². The maximum atomic E-state index is 6.37. The zero-order chi connectivity index (χ0) is 18.1. The Balaban J connectivity index is 3.08. The van der Waals surface area contributed by atoms with Crippen molar-refractivity contribution in [2.45, 2.75) is 92.0 Å². The van der Waals surface area contributed by atoms with E-state index in [9.17, 15) is 0 Å². The van der Waals surface area contributed by atoms with Gasteiger partial charge in [0.15, 0.2) is 0 Å². The van der Waals surface area contributed by atoms with Crippen LogP contribution in [-0.4, -0.2) is 21.7 Å². The molecule has 3 heteroatoms. The van der Waals surface area contributed by atoms with Crippen LogP contribution in [0.15, 0.2) is 24.3 Å². The molecular formula is C20H35NO2. The van der Waals surface area contributed by atoms with Crippen LogP contribution in [0.5, 0.6) is 5.75 Å². The van der Waals surface area contributed by atoms with E-state index in [1.54, 1.807) is 0 Å². The zero-order valence-corrected chi connectivity index (χ0v) is 16.7. The van der Waals surface area contributed by atoms with Crippen LogP contribution in [0.4, 0.5) is 0 Å². The van der Waals surface area contributed by atoms with Gasteiger partial charge in [-0.05, 0) is 75.3 Å². The minimum Gasteiger partial charge on any atom is -0.488 e. The van der Waals surface area contributed by atoms with Crippen molar-refractivity contribution in [2.24, 2.45) is 0 Å². The zero-order valence-electron chi connectivity index (χ0n) is 16.7. The van der Waals surface area contributed by atoms with Crippen LogP contribution in [0.1, 0.15) is 80.9 Å². The van der Waals surface area contributed by atoms with Crippen LogP contribution >= 0.6 is 0 Å². The Morgan fingerprint density at radius 2 is 1.30 bits per heavy atom. The average Bonchev–Trinajstić information content (AvgIpc) is 2.31. The van der Waals surface area contributed by atoms with E-state index in [0.29, 0.717) is 0 Å². The van der Waals surface area contributed by atoms with Crippen LogP contribution < -0.4 is 4.74 Å². The van der Waals surface area contributed by atoms with Gasteiger partial charge in [0.05, 0.1) is 0 Å². The van der Waals surface area contributed by atoms with Gasteiger partial charge in [-0.25, -0.2) is 0 Å². The molecule has 0 aliphatic rings. The molecule has 132 valence electrons. The van der Waals surface area contributed by atoms with Gasteiger partial charge in [0.1, 0.15) is 17.5 Å². The van der Waals surface area contributed by atoms with Crippen molar-refractivity contribution < 1.29 is 9.57 Å². The predicted molar refractivity (Wildman–Crippen MR) is 97.7 cm³/mol. The molecule has 0 aliphatic heterocycles. The van der Waals surface area contributed by atoms with Crippen molar-refractivity contribution >= 4 is 0 Å². The highest BCUT2D eigenvalue weighted by Gasteiger charge is 2.34. The SMILES string of the molecule is CC(ON(C(C)(C)C)C(C)(C)C)c1ccccc1OC(C)(C)C. The standard InChI is InChI=1S/C20H35NO2/c1-15(23-21(18(2,3)4)19(5,6)7)16-13-11-12-14-17(16)22-20(8,9)10/h11-15H,1-10H3. The highest BCUT2D eigenvalue weighted by molar-refractivity contribution is 5.35. The number of ether oxygens (including phenoxy) is 1. The monoisotopic (exact) mass is 321 g/mol. The van der Waals surface area contributed by atoms with E-state index in [1.807, 2.05) is 18.2 Å². The van der Waals surface area contributed by atoms with Gasteiger partial charge in [-0.2, -0.15) is 5.06 Å². The number of para-hydroxylation sites is 1. The molecular weight excluding hydrogens is 286 g/mol. The van der Waals surface area contributed by atoms with Crippen molar-refractivity contribution in [3.8, 4) is 5.75 Å². The molecule has 0 N–H and O–H groups in total. The molecule has 23 heavy (non-hydrogen) atoms. The summed E-state index contributed by atoms with van der Waals surface area (Å²) in [4.78, 5) is 6.37. The second-order valence-electron chi connectivity index (χ2n) is 9.14. The van der Waals surface area contributed by atoms with Crippen LogP contribution in [0.3, 0.4) is 0 Å². The molecule has 1 aromatic rings. The molecule has 0 aliphatic carbocycles. The number of nitrogens with zero attached hydrogens (tertiary/aromatic N) is 1. The first-order valence-corrected chi connectivity index (χ1v) is 8.47. The summed E-state index contributed by atoms with van der Waals surface area (Å²) in [6.07, 6.45) is -0.0907. The van der Waals surface area contributed by atoms with Gasteiger partial charge in [-0.1, -0.05) is 18.2 Å². The first kappa shape index (κ1) is 20.0. The molecule has 0 amide bonds. The summed E-state index contributed by atoms with van der Waals surface area (Å²) in [5.41, 5.74) is 0.656. The van der Waals surface area contributed by atoms with Gasteiger partial charge in [0.25, 0.3) is 0 Å². The quantitative estimate of drug-likeness (QED) is 0.658. The van der Waals surface area contributed by atoms with E-state index in [4.69, 9.17) is 9.57 Å². The average molecular weight is 322 g/mol. The van der Waals surface area contributed by atoms with Crippen molar-refractivity contribution in [1.29, 1.82) is 0 Å². The summed E-state index contributed by atoms with van der Waals surface area (Å²) in [6, 6.07) is 8.13. The summed E-state index contributed by atoms with van der Waals surface area (Å²) in [5.74, 6) is 0.885. The Morgan fingerprint density at radius 1 is 0.826 bits per heavy atom. The number of rotatable bonds is 4. The molecule has 0 saturated heterocycles. The minimum atomic E-state index is -0.233. The Kier molecular flexibility index (Phi) is 5.93. The minimum absolute atomic E-state index is 0.0907. The maximum Gasteiger partial charge on any atom is 0.125 e.